The fraction of sp³-hybridized carbons (Fsp3) is 0.200. The number of anilines is 1. The molecular formula is C15H16FNO2S. The van der Waals surface area contributed by atoms with E-state index in [2.05, 4.69) is 0 Å². The van der Waals surface area contributed by atoms with Crippen molar-refractivity contribution < 1.29 is 13.9 Å². The van der Waals surface area contributed by atoms with Gasteiger partial charge < -0.3 is 15.2 Å². The van der Waals surface area contributed by atoms with Gasteiger partial charge in [-0.3, -0.25) is 0 Å². The van der Waals surface area contributed by atoms with E-state index in [1.807, 2.05) is 24.3 Å². The number of nitrogen functional groups attached to an aromatic ring is 1. The Kier molecular flexibility index (Phi) is 5.12. The summed E-state index contributed by atoms with van der Waals surface area (Å²) in [6, 6.07) is 12.1. The number of benzene rings is 2. The minimum atomic E-state index is -0.292. The molecule has 2 aromatic carbocycles. The molecule has 0 heterocycles. The number of hydrogen-bond acceptors (Lipinski definition) is 4. The van der Waals surface area contributed by atoms with E-state index < -0.39 is 0 Å². The fourth-order valence-corrected chi connectivity index (χ4v) is 2.36. The zero-order valence-corrected chi connectivity index (χ0v) is 12.0. The van der Waals surface area contributed by atoms with E-state index >= 15 is 0 Å². The summed E-state index contributed by atoms with van der Waals surface area (Å²) in [4.78, 5) is 0.581. The number of halogens is 1. The van der Waals surface area contributed by atoms with Crippen LogP contribution in [0.3, 0.4) is 0 Å². The SMILES string of the molecule is COc1ccc(OCCSc2ccc(N)cc2F)cc1. The summed E-state index contributed by atoms with van der Waals surface area (Å²) in [6.45, 7) is 0.501. The van der Waals surface area contributed by atoms with E-state index in [4.69, 9.17) is 15.2 Å². The van der Waals surface area contributed by atoms with Crippen LogP contribution in [0.2, 0.25) is 0 Å². The first-order valence-corrected chi connectivity index (χ1v) is 7.12. The molecule has 0 aliphatic heterocycles. The van der Waals surface area contributed by atoms with Gasteiger partial charge in [0.2, 0.25) is 0 Å². The lowest BCUT2D eigenvalue weighted by molar-refractivity contribution is 0.342. The van der Waals surface area contributed by atoms with E-state index in [1.165, 1.54) is 17.8 Å². The first kappa shape index (κ1) is 14.5. The molecule has 5 heteroatoms. The first-order valence-electron chi connectivity index (χ1n) is 6.14. The first-order chi connectivity index (χ1) is 9.69. The minimum absolute atomic E-state index is 0.292. The second kappa shape index (κ2) is 7.05. The predicted molar refractivity (Wildman–Crippen MR) is 80.0 cm³/mol. The summed E-state index contributed by atoms with van der Waals surface area (Å²) in [5, 5.41) is 0. The second-order valence-corrected chi connectivity index (χ2v) is 5.20. The zero-order chi connectivity index (χ0) is 14.4. The van der Waals surface area contributed by atoms with Gasteiger partial charge in [-0.15, -0.1) is 11.8 Å². The van der Waals surface area contributed by atoms with Crippen LogP contribution in [0.15, 0.2) is 47.4 Å². The normalized spacial score (nSPS) is 10.3. The van der Waals surface area contributed by atoms with Crippen LogP contribution in [0.1, 0.15) is 0 Å². The number of rotatable bonds is 6. The van der Waals surface area contributed by atoms with Gasteiger partial charge in [0.25, 0.3) is 0 Å². The van der Waals surface area contributed by atoms with Crippen molar-refractivity contribution in [1.82, 2.24) is 0 Å². The molecule has 0 bridgehead atoms. The van der Waals surface area contributed by atoms with Crippen LogP contribution in [0.5, 0.6) is 11.5 Å². The van der Waals surface area contributed by atoms with Gasteiger partial charge in [0.15, 0.2) is 0 Å². The topological polar surface area (TPSA) is 44.5 Å². The molecular weight excluding hydrogens is 277 g/mol. The van der Waals surface area contributed by atoms with Crippen molar-refractivity contribution in [3.8, 4) is 11.5 Å². The van der Waals surface area contributed by atoms with Crippen molar-refractivity contribution in [2.24, 2.45) is 0 Å². The standard InChI is InChI=1S/C15H16FNO2S/c1-18-12-3-5-13(6-4-12)19-8-9-20-15-7-2-11(17)10-14(15)16/h2-7,10H,8-9,17H2,1H3. The third-order valence-corrected chi connectivity index (χ3v) is 3.64. The molecule has 0 aliphatic carbocycles. The van der Waals surface area contributed by atoms with Crippen molar-refractivity contribution in [3.05, 3.63) is 48.3 Å². The molecule has 20 heavy (non-hydrogen) atoms. The lowest BCUT2D eigenvalue weighted by Gasteiger charge is -2.07. The summed E-state index contributed by atoms with van der Waals surface area (Å²) in [6.07, 6.45) is 0. The maximum absolute atomic E-state index is 13.5. The number of methoxy groups -OCH3 is 1. The molecule has 0 radical (unpaired) electrons. The largest absolute Gasteiger partial charge is 0.497 e. The molecule has 0 fully saturated rings. The van der Waals surface area contributed by atoms with Gasteiger partial charge in [-0.1, -0.05) is 0 Å². The van der Waals surface area contributed by atoms with Crippen LogP contribution < -0.4 is 15.2 Å². The smallest absolute Gasteiger partial charge is 0.138 e. The minimum Gasteiger partial charge on any atom is -0.497 e. The van der Waals surface area contributed by atoms with Crippen LogP contribution in [0.4, 0.5) is 10.1 Å². The summed E-state index contributed by atoms with van der Waals surface area (Å²) < 4.78 is 24.2. The molecule has 2 rings (SSSR count). The van der Waals surface area contributed by atoms with Crippen molar-refractivity contribution >= 4 is 17.4 Å². The highest BCUT2D eigenvalue weighted by Gasteiger charge is 2.03. The van der Waals surface area contributed by atoms with Crippen LogP contribution in [-0.2, 0) is 0 Å². The molecule has 2 N–H and O–H groups in total. The summed E-state index contributed by atoms with van der Waals surface area (Å²) >= 11 is 1.40. The van der Waals surface area contributed by atoms with Crippen LogP contribution in [-0.4, -0.2) is 19.5 Å². The number of hydrogen-bond donors (Lipinski definition) is 1. The molecule has 3 nitrogen and oxygen atoms in total. The number of thioether (sulfide) groups is 1. The van der Waals surface area contributed by atoms with E-state index in [9.17, 15) is 4.39 Å². The molecule has 106 valence electrons. The highest BCUT2D eigenvalue weighted by atomic mass is 32.2. The van der Waals surface area contributed by atoms with Gasteiger partial charge in [-0.05, 0) is 42.5 Å². The molecule has 0 saturated carbocycles. The van der Waals surface area contributed by atoms with E-state index in [0.29, 0.717) is 22.9 Å². The molecule has 0 unspecified atom stereocenters. The Morgan fingerprint density at radius 3 is 2.45 bits per heavy atom. The number of ether oxygens (including phenoxy) is 2. The molecule has 0 aliphatic rings. The van der Waals surface area contributed by atoms with Gasteiger partial charge in [0.05, 0.1) is 13.7 Å². The molecule has 0 amide bonds. The second-order valence-electron chi connectivity index (χ2n) is 4.06. The Bertz CT molecular complexity index is 560. The lowest BCUT2D eigenvalue weighted by Crippen LogP contribution is -2.00. The van der Waals surface area contributed by atoms with Gasteiger partial charge in [0.1, 0.15) is 17.3 Å². The highest BCUT2D eigenvalue weighted by molar-refractivity contribution is 7.99. The van der Waals surface area contributed by atoms with Gasteiger partial charge in [0, 0.05) is 16.3 Å². The highest BCUT2D eigenvalue weighted by Crippen LogP contribution is 2.23. The molecule has 0 aromatic heterocycles. The third kappa shape index (κ3) is 4.06. The average Bonchev–Trinajstić information content (AvgIpc) is 2.46. The number of nitrogens with two attached hydrogens (primary N) is 1. The van der Waals surface area contributed by atoms with Crippen LogP contribution in [0, 0.1) is 5.82 Å². The summed E-state index contributed by atoms with van der Waals surface area (Å²) in [5.74, 6) is 1.92. The Hall–Kier alpha value is -1.88. The fourth-order valence-electron chi connectivity index (χ4n) is 1.62. The molecule has 0 saturated heterocycles. The maximum atomic E-state index is 13.5. The average molecular weight is 293 g/mol. The van der Waals surface area contributed by atoms with Crippen molar-refractivity contribution in [2.75, 3.05) is 25.2 Å². The zero-order valence-electron chi connectivity index (χ0n) is 11.1. The lowest BCUT2D eigenvalue weighted by atomic mass is 10.3. The van der Waals surface area contributed by atoms with Crippen molar-refractivity contribution in [2.45, 2.75) is 4.90 Å². The summed E-state index contributed by atoms with van der Waals surface area (Å²) in [7, 11) is 1.62. The Morgan fingerprint density at radius 1 is 1.10 bits per heavy atom. The Balaban J connectivity index is 1.78. The monoisotopic (exact) mass is 293 g/mol. The third-order valence-electron chi connectivity index (χ3n) is 2.62. The van der Waals surface area contributed by atoms with Crippen molar-refractivity contribution in [3.63, 3.8) is 0 Å². The van der Waals surface area contributed by atoms with E-state index in [-0.39, 0.29) is 5.82 Å². The quantitative estimate of drug-likeness (QED) is 0.502. The molecule has 2 aromatic rings. The van der Waals surface area contributed by atoms with Gasteiger partial charge >= 0.3 is 0 Å². The maximum Gasteiger partial charge on any atom is 0.138 e. The predicted octanol–water partition coefficient (Wildman–Crippen LogP) is 3.59. The molecule has 0 spiro atoms. The van der Waals surface area contributed by atoms with E-state index in [0.717, 1.165) is 11.5 Å². The van der Waals surface area contributed by atoms with Crippen molar-refractivity contribution in [1.29, 1.82) is 0 Å². The van der Waals surface area contributed by atoms with E-state index in [1.54, 1.807) is 19.2 Å². The summed E-state index contributed by atoms with van der Waals surface area (Å²) in [5.41, 5.74) is 5.93. The Morgan fingerprint density at radius 2 is 1.80 bits per heavy atom. The van der Waals surface area contributed by atoms with Gasteiger partial charge in [-0.2, -0.15) is 0 Å². The Labute approximate surface area is 121 Å². The van der Waals surface area contributed by atoms with Gasteiger partial charge in [-0.25, -0.2) is 4.39 Å². The molecule has 0 atom stereocenters. The van der Waals surface area contributed by atoms with Crippen LogP contribution >= 0.6 is 11.8 Å². The van der Waals surface area contributed by atoms with Crippen LogP contribution in [0.25, 0.3) is 0 Å².